The Morgan fingerprint density at radius 3 is 2.70 bits per heavy atom. The molecule has 4 nitrogen and oxygen atoms in total. The number of carbonyl (C=O) groups excluding carboxylic acids is 1. The summed E-state index contributed by atoms with van der Waals surface area (Å²) in [4.78, 5) is 16.8. The van der Waals surface area contributed by atoms with Crippen LogP contribution in [-0.2, 0) is 6.54 Å². The standard InChI is InChI=1S/C15H12ClN3O/c1-2-19-15-12(9-18-19)13(16)11(8-17-15)14(20)10-6-4-3-5-7-10/h3-9H,2H2,1H3. The summed E-state index contributed by atoms with van der Waals surface area (Å²) in [5.74, 6) is -0.130. The molecule has 0 fully saturated rings. The molecule has 0 saturated heterocycles. The van der Waals surface area contributed by atoms with Crippen molar-refractivity contribution in [3.63, 3.8) is 0 Å². The van der Waals surface area contributed by atoms with Gasteiger partial charge in [0.2, 0.25) is 0 Å². The van der Waals surface area contributed by atoms with Gasteiger partial charge in [0.15, 0.2) is 11.4 Å². The number of carbonyl (C=O) groups is 1. The van der Waals surface area contributed by atoms with Crippen molar-refractivity contribution in [1.29, 1.82) is 0 Å². The number of hydrogen-bond acceptors (Lipinski definition) is 3. The smallest absolute Gasteiger partial charge is 0.196 e. The molecule has 0 spiro atoms. The molecular formula is C15H12ClN3O. The summed E-state index contributed by atoms with van der Waals surface area (Å²) in [7, 11) is 0. The summed E-state index contributed by atoms with van der Waals surface area (Å²) in [6, 6.07) is 9.03. The number of aromatic nitrogens is 3. The van der Waals surface area contributed by atoms with E-state index in [1.165, 1.54) is 6.20 Å². The molecule has 20 heavy (non-hydrogen) atoms. The quantitative estimate of drug-likeness (QED) is 0.694. The van der Waals surface area contributed by atoms with Crippen LogP contribution in [-0.4, -0.2) is 20.5 Å². The van der Waals surface area contributed by atoms with Gasteiger partial charge in [0.25, 0.3) is 0 Å². The van der Waals surface area contributed by atoms with Crippen molar-refractivity contribution in [2.45, 2.75) is 13.5 Å². The summed E-state index contributed by atoms with van der Waals surface area (Å²) >= 11 is 6.34. The second-order valence-corrected chi connectivity index (χ2v) is 4.76. The summed E-state index contributed by atoms with van der Waals surface area (Å²) in [5.41, 5.74) is 1.70. The normalized spacial score (nSPS) is 10.9. The number of benzene rings is 1. The second-order valence-electron chi connectivity index (χ2n) is 4.38. The number of pyridine rings is 1. The topological polar surface area (TPSA) is 47.8 Å². The summed E-state index contributed by atoms with van der Waals surface area (Å²) in [6.07, 6.45) is 3.17. The molecule has 0 N–H and O–H groups in total. The highest BCUT2D eigenvalue weighted by atomic mass is 35.5. The molecule has 0 atom stereocenters. The first-order valence-corrected chi connectivity index (χ1v) is 6.70. The monoisotopic (exact) mass is 285 g/mol. The first-order valence-electron chi connectivity index (χ1n) is 6.32. The molecule has 5 heteroatoms. The number of nitrogens with zero attached hydrogens (tertiary/aromatic N) is 3. The molecule has 0 unspecified atom stereocenters. The van der Waals surface area contributed by atoms with Crippen LogP contribution in [0.1, 0.15) is 22.8 Å². The third kappa shape index (κ3) is 1.98. The first kappa shape index (κ1) is 12.8. The van der Waals surface area contributed by atoms with E-state index in [-0.39, 0.29) is 5.78 Å². The molecule has 3 aromatic rings. The number of hydrogen-bond donors (Lipinski definition) is 0. The maximum atomic E-state index is 12.4. The van der Waals surface area contributed by atoms with Gasteiger partial charge in [-0.2, -0.15) is 5.10 Å². The highest BCUT2D eigenvalue weighted by Crippen LogP contribution is 2.27. The zero-order chi connectivity index (χ0) is 14.1. The second kappa shape index (κ2) is 5.06. The fourth-order valence-electron chi connectivity index (χ4n) is 2.13. The Bertz CT molecular complexity index is 780. The van der Waals surface area contributed by atoms with Gasteiger partial charge < -0.3 is 0 Å². The third-order valence-electron chi connectivity index (χ3n) is 3.18. The Balaban J connectivity index is 2.14. The van der Waals surface area contributed by atoms with Crippen LogP contribution >= 0.6 is 11.6 Å². The van der Waals surface area contributed by atoms with Gasteiger partial charge >= 0.3 is 0 Å². The van der Waals surface area contributed by atoms with Crippen LogP contribution in [0.5, 0.6) is 0 Å². The van der Waals surface area contributed by atoms with Crippen LogP contribution in [0.2, 0.25) is 5.02 Å². The summed E-state index contributed by atoms with van der Waals surface area (Å²) in [5, 5.41) is 5.32. The maximum Gasteiger partial charge on any atom is 0.196 e. The Morgan fingerprint density at radius 1 is 1.25 bits per heavy atom. The van der Waals surface area contributed by atoms with E-state index < -0.39 is 0 Å². The number of fused-ring (bicyclic) bond motifs is 1. The van der Waals surface area contributed by atoms with Crippen molar-refractivity contribution in [3.05, 3.63) is 58.9 Å². The molecule has 0 aliphatic carbocycles. The molecule has 2 heterocycles. The molecular weight excluding hydrogens is 274 g/mol. The van der Waals surface area contributed by atoms with E-state index in [4.69, 9.17) is 11.6 Å². The minimum atomic E-state index is -0.130. The number of ketones is 1. The Labute approximate surface area is 121 Å². The highest BCUT2D eigenvalue weighted by molar-refractivity contribution is 6.39. The number of rotatable bonds is 3. The minimum absolute atomic E-state index is 0.130. The van der Waals surface area contributed by atoms with E-state index in [9.17, 15) is 4.79 Å². The van der Waals surface area contributed by atoms with E-state index in [0.29, 0.717) is 33.7 Å². The minimum Gasteiger partial charge on any atom is -0.288 e. The molecule has 100 valence electrons. The zero-order valence-corrected chi connectivity index (χ0v) is 11.6. The van der Waals surface area contributed by atoms with Crippen LogP contribution in [0, 0.1) is 0 Å². The van der Waals surface area contributed by atoms with E-state index in [1.807, 2.05) is 25.1 Å². The van der Waals surface area contributed by atoms with Crippen LogP contribution in [0.3, 0.4) is 0 Å². The first-order chi connectivity index (χ1) is 9.72. The molecule has 3 rings (SSSR count). The van der Waals surface area contributed by atoms with Gasteiger partial charge in [0.05, 0.1) is 22.2 Å². The van der Waals surface area contributed by atoms with Crippen LogP contribution < -0.4 is 0 Å². The van der Waals surface area contributed by atoms with Crippen LogP contribution in [0.4, 0.5) is 0 Å². The zero-order valence-electron chi connectivity index (χ0n) is 10.9. The Kier molecular flexibility index (Phi) is 3.24. The van der Waals surface area contributed by atoms with Crippen LogP contribution in [0.15, 0.2) is 42.7 Å². The lowest BCUT2D eigenvalue weighted by atomic mass is 10.0. The van der Waals surface area contributed by atoms with Crippen LogP contribution in [0.25, 0.3) is 11.0 Å². The lowest BCUT2D eigenvalue weighted by Crippen LogP contribution is -2.04. The lowest BCUT2D eigenvalue weighted by molar-refractivity contribution is 0.103. The molecule has 0 saturated carbocycles. The van der Waals surface area contributed by atoms with Crippen molar-refractivity contribution in [1.82, 2.24) is 14.8 Å². The fraction of sp³-hybridized carbons (Fsp3) is 0.133. The van der Waals surface area contributed by atoms with E-state index >= 15 is 0 Å². The molecule has 0 radical (unpaired) electrons. The molecule has 0 bridgehead atoms. The average Bonchev–Trinajstić information content (AvgIpc) is 2.92. The number of halogens is 1. The molecule has 0 aliphatic rings. The predicted molar refractivity (Wildman–Crippen MR) is 78.1 cm³/mol. The van der Waals surface area contributed by atoms with Crippen molar-refractivity contribution in [3.8, 4) is 0 Å². The maximum absolute atomic E-state index is 12.4. The van der Waals surface area contributed by atoms with Crippen molar-refractivity contribution < 1.29 is 4.79 Å². The summed E-state index contributed by atoms with van der Waals surface area (Å²) in [6.45, 7) is 2.68. The molecule has 0 amide bonds. The highest BCUT2D eigenvalue weighted by Gasteiger charge is 2.17. The van der Waals surface area contributed by atoms with Crippen molar-refractivity contribution >= 4 is 28.4 Å². The predicted octanol–water partition coefficient (Wildman–Crippen LogP) is 3.34. The summed E-state index contributed by atoms with van der Waals surface area (Å²) < 4.78 is 1.75. The molecule has 2 aromatic heterocycles. The van der Waals surface area contributed by atoms with Crippen molar-refractivity contribution in [2.24, 2.45) is 0 Å². The van der Waals surface area contributed by atoms with Gasteiger partial charge in [-0.05, 0) is 6.92 Å². The SMILES string of the molecule is CCn1ncc2c(Cl)c(C(=O)c3ccccc3)cnc21. The van der Waals surface area contributed by atoms with Gasteiger partial charge in [0, 0.05) is 18.3 Å². The average molecular weight is 286 g/mol. The van der Waals surface area contributed by atoms with E-state index in [1.54, 1.807) is 23.0 Å². The number of aryl methyl sites for hydroxylation is 1. The third-order valence-corrected chi connectivity index (χ3v) is 3.59. The van der Waals surface area contributed by atoms with Crippen molar-refractivity contribution in [2.75, 3.05) is 0 Å². The largest absolute Gasteiger partial charge is 0.288 e. The van der Waals surface area contributed by atoms with E-state index in [0.717, 1.165) is 0 Å². The fourth-order valence-corrected chi connectivity index (χ4v) is 2.40. The Hall–Kier alpha value is -2.20. The van der Waals surface area contributed by atoms with Gasteiger partial charge in [-0.1, -0.05) is 41.9 Å². The van der Waals surface area contributed by atoms with Gasteiger partial charge in [-0.25, -0.2) is 9.67 Å². The Morgan fingerprint density at radius 2 is 2.00 bits per heavy atom. The lowest BCUT2D eigenvalue weighted by Gasteiger charge is -2.05. The van der Waals surface area contributed by atoms with E-state index in [2.05, 4.69) is 10.1 Å². The van der Waals surface area contributed by atoms with Gasteiger partial charge in [-0.15, -0.1) is 0 Å². The molecule has 1 aromatic carbocycles. The van der Waals surface area contributed by atoms with Gasteiger partial charge in [0.1, 0.15) is 0 Å². The molecule has 0 aliphatic heterocycles. The van der Waals surface area contributed by atoms with Gasteiger partial charge in [-0.3, -0.25) is 4.79 Å².